The first-order chi connectivity index (χ1) is 18.8. The average Bonchev–Trinajstić information content (AvgIpc) is 3.53. The van der Waals surface area contributed by atoms with Crippen molar-refractivity contribution in [2.45, 2.75) is 4.90 Å². The number of hydrogen-bond acceptors (Lipinski definition) is 6. The Balaban J connectivity index is 1.39. The molecule has 0 fully saturated rings. The molecule has 3 N–H and O–H groups in total. The van der Waals surface area contributed by atoms with Gasteiger partial charge in [0.25, 0.3) is 10.1 Å². The number of rotatable bonds is 4. The van der Waals surface area contributed by atoms with Crippen molar-refractivity contribution in [3.05, 3.63) is 84.9 Å². The van der Waals surface area contributed by atoms with Crippen LogP contribution in [0.5, 0.6) is 11.5 Å². The molecule has 5 aromatic carbocycles. The van der Waals surface area contributed by atoms with Crippen LogP contribution in [-0.4, -0.2) is 35.2 Å². The second-order valence-electron chi connectivity index (χ2n) is 9.25. The number of phenolic OH excluding ortho intramolecular Hbond substituents is 1. The van der Waals surface area contributed by atoms with E-state index in [1.807, 2.05) is 54.6 Å². The molecule has 0 amide bonds. The summed E-state index contributed by atoms with van der Waals surface area (Å²) in [5.74, 6) is 0.816. The number of aromatic amines is 1. The van der Waals surface area contributed by atoms with Crippen LogP contribution in [0.1, 0.15) is 0 Å². The Kier molecular flexibility index (Phi) is 4.97. The van der Waals surface area contributed by atoms with Crippen molar-refractivity contribution in [3.63, 3.8) is 0 Å². The van der Waals surface area contributed by atoms with Crippen LogP contribution in [0.3, 0.4) is 0 Å². The third kappa shape index (κ3) is 3.63. The van der Waals surface area contributed by atoms with Crippen molar-refractivity contribution < 1.29 is 27.2 Å². The van der Waals surface area contributed by atoms with Crippen molar-refractivity contribution in [1.82, 2.24) is 9.97 Å². The maximum Gasteiger partial charge on any atom is 0.294 e. The summed E-state index contributed by atoms with van der Waals surface area (Å²) in [7, 11) is -2.88. The van der Waals surface area contributed by atoms with Gasteiger partial charge in [0, 0.05) is 16.8 Å². The van der Waals surface area contributed by atoms with E-state index >= 15 is 0 Å². The number of para-hydroxylation sites is 1. The lowest BCUT2D eigenvalue weighted by Gasteiger charge is -2.10. The Morgan fingerprint density at radius 2 is 1.69 bits per heavy atom. The molecular weight excluding hydrogens is 516 g/mol. The highest BCUT2D eigenvalue weighted by Gasteiger charge is 2.19. The van der Waals surface area contributed by atoms with Gasteiger partial charge in [0.15, 0.2) is 0 Å². The molecular formula is C30H20N2O6S. The monoisotopic (exact) mass is 536 g/mol. The third-order valence-corrected chi connectivity index (χ3v) is 7.82. The number of nitrogens with zero attached hydrogens (tertiary/aromatic N) is 1. The first-order valence-electron chi connectivity index (χ1n) is 12.0. The minimum atomic E-state index is -4.48. The number of furan rings is 1. The maximum atomic E-state index is 11.6. The fraction of sp³-hybridized carbons (Fsp3) is 0.0333. The van der Waals surface area contributed by atoms with Gasteiger partial charge < -0.3 is 19.2 Å². The standard InChI is InChI=1S/C30H20N2O6S/c1-37-26-14-16(19-6-4-8-25-28(19)20-5-2-3-7-24(20)38-25)9-11-21(26)30-31-22-12-10-17-13-18(39(34,35)36)15-23(33)27(17)29(22)32-30/h2-15,33H,1H3,(H,31,32)(H,34,35,36). The van der Waals surface area contributed by atoms with Gasteiger partial charge in [-0.25, -0.2) is 4.98 Å². The second-order valence-corrected chi connectivity index (χ2v) is 10.7. The number of methoxy groups -OCH3 is 1. The molecule has 0 radical (unpaired) electrons. The van der Waals surface area contributed by atoms with Crippen molar-refractivity contribution in [2.75, 3.05) is 7.11 Å². The topological polar surface area (TPSA) is 126 Å². The molecule has 2 heterocycles. The van der Waals surface area contributed by atoms with E-state index in [0.29, 0.717) is 38.9 Å². The molecule has 0 saturated heterocycles. The molecule has 0 aliphatic rings. The number of ether oxygens (including phenoxy) is 1. The Morgan fingerprint density at radius 1 is 0.872 bits per heavy atom. The van der Waals surface area contributed by atoms with E-state index in [2.05, 4.69) is 11.1 Å². The fourth-order valence-electron chi connectivity index (χ4n) is 5.23. The zero-order valence-corrected chi connectivity index (χ0v) is 21.3. The number of nitrogens with one attached hydrogen (secondary N) is 1. The van der Waals surface area contributed by atoms with Crippen molar-refractivity contribution in [2.24, 2.45) is 0 Å². The molecule has 192 valence electrons. The highest BCUT2D eigenvalue weighted by atomic mass is 32.2. The van der Waals surface area contributed by atoms with E-state index in [1.54, 1.807) is 19.2 Å². The summed E-state index contributed by atoms with van der Waals surface area (Å²) in [5.41, 5.74) is 5.41. The quantitative estimate of drug-likeness (QED) is 0.209. The van der Waals surface area contributed by atoms with Crippen LogP contribution in [0, 0.1) is 0 Å². The number of H-pyrrole nitrogens is 1. The van der Waals surface area contributed by atoms with E-state index in [-0.39, 0.29) is 10.6 Å². The summed E-state index contributed by atoms with van der Waals surface area (Å²) in [5, 5.41) is 13.5. The third-order valence-electron chi connectivity index (χ3n) is 6.99. The highest BCUT2D eigenvalue weighted by molar-refractivity contribution is 7.85. The molecule has 8 nitrogen and oxygen atoms in total. The fourth-order valence-corrected chi connectivity index (χ4v) is 5.76. The molecule has 0 aliphatic carbocycles. The van der Waals surface area contributed by atoms with Gasteiger partial charge in [-0.15, -0.1) is 0 Å². The lowest BCUT2D eigenvalue weighted by molar-refractivity contribution is 0.416. The summed E-state index contributed by atoms with van der Waals surface area (Å²) in [6, 6.07) is 25.5. The van der Waals surface area contributed by atoms with Gasteiger partial charge in [-0.2, -0.15) is 8.42 Å². The van der Waals surface area contributed by atoms with Crippen molar-refractivity contribution in [3.8, 4) is 34.0 Å². The first kappa shape index (κ1) is 23.3. The van der Waals surface area contributed by atoms with Gasteiger partial charge in [-0.1, -0.05) is 42.5 Å². The predicted octanol–water partition coefficient (Wildman–Crippen LogP) is 6.91. The number of phenols is 1. The summed E-state index contributed by atoms with van der Waals surface area (Å²) in [4.78, 5) is 7.62. The zero-order valence-electron chi connectivity index (χ0n) is 20.5. The summed E-state index contributed by atoms with van der Waals surface area (Å²) in [6.45, 7) is 0. The molecule has 0 spiro atoms. The molecule has 0 aliphatic heterocycles. The minimum Gasteiger partial charge on any atom is -0.507 e. The molecule has 0 bridgehead atoms. The Labute approximate surface area is 221 Å². The van der Waals surface area contributed by atoms with Gasteiger partial charge >= 0.3 is 0 Å². The van der Waals surface area contributed by atoms with E-state index in [4.69, 9.17) is 14.1 Å². The summed E-state index contributed by atoms with van der Waals surface area (Å²) >= 11 is 0. The van der Waals surface area contributed by atoms with Crippen molar-refractivity contribution >= 4 is 53.9 Å². The second kappa shape index (κ2) is 8.32. The van der Waals surface area contributed by atoms with E-state index in [9.17, 15) is 18.1 Å². The van der Waals surface area contributed by atoms with Crippen LogP contribution >= 0.6 is 0 Å². The van der Waals surface area contributed by atoms with Crippen LogP contribution < -0.4 is 4.74 Å². The zero-order chi connectivity index (χ0) is 26.9. The lowest BCUT2D eigenvalue weighted by Crippen LogP contribution is -1.97. The maximum absolute atomic E-state index is 11.6. The Morgan fingerprint density at radius 3 is 2.51 bits per heavy atom. The van der Waals surface area contributed by atoms with E-state index in [1.165, 1.54) is 6.07 Å². The smallest absolute Gasteiger partial charge is 0.294 e. The number of imidazole rings is 1. The van der Waals surface area contributed by atoms with Crippen LogP contribution in [0.15, 0.2) is 94.2 Å². The highest BCUT2D eigenvalue weighted by Crippen LogP contribution is 2.41. The van der Waals surface area contributed by atoms with Gasteiger partial charge in [-0.3, -0.25) is 4.55 Å². The Bertz CT molecular complexity index is 2210. The van der Waals surface area contributed by atoms with E-state index in [0.717, 1.165) is 39.1 Å². The van der Waals surface area contributed by atoms with Crippen LogP contribution in [-0.2, 0) is 10.1 Å². The molecule has 0 saturated carbocycles. The molecule has 7 rings (SSSR count). The number of benzene rings is 5. The van der Waals surface area contributed by atoms with Crippen LogP contribution in [0.25, 0.3) is 66.3 Å². The normalized spacial score (nSPS) is 12.2. The van der Waals surface area contributed by atoms with Gasteiger partial charge in [0.2, 0.25) is 0 Å². The van der Waals surface area contributed by atoms with Crippen LogP contribution in [0.4, 0.5) is 0 Å². The van der Waals surface area contributed by atoms with E-state index < -0.39 is 10.1 Å². The predicted molar refractivity (Wildman–Crippen MR) is 150 cm³/mol. The average molecular weight is 537 g/mol. The molecule has 39 heavy (non-hydrogen) atoms. The molecule has 0 unspecified atom stereocenters. The SMILES string of the molecule is COc1cc(-c2cccc3oc4ccccc4c23)ccc1-c1nc2c(ccc3cc(S(=O)(=O)O)cc(O)c32)[nH]1. The molecule has 9 heteroatoms. The number of hydrogen-bond donors (Lipinski definition) is 3. The number of aromatic nitrogens is 2. The largest absolute Gasteiger partial charge is 0.507 e. The van der Waals surface area contributed by atoms with Gasteiger partial charge in [0.05, 0.1) is 28.5 Å². The lowest BCUT2D eigenvalue weighted by atomic mass is 9.98. The van der Waals surface area contributed by atoms with Gasteiger partial charge in [0.1, 0.15) is 34.0 Å². The Hall–Kier alpha value is -4.86. The minimum absolute atomic E-state index is 0.300. The van der Waals surface area contributed by atoms with Crippen molar-refractivity contribution in [1.29, 1.82) is 0 Å². The molecule has 2 aromatic heterocycles. The first-order valence-corrected chi connectivity index (χ1v) is 13.5. The van der Waals surface area contributed by atoms with Crippen LogP contribution in [0.2, 0.25) is 0 Å². The number of fused-ring (bicyclic) bond motifs is 6. The summed E-state index contributed by atoms with van der Waals surface area (Å²) in [6.07, 6.45) is 0. The van der Waals surface area contributed by atoms with Gasteiger partial charge in [-0.05, 0) is 52.9 Å². The molecule has 7 aromatic rings. The number of aromatic hydroxyl groups is 1. The molecule has 0 atom stereocenters. The summed E-state index contributed by atoms with van der Waals surface area (Å²) < 4.78 is 44.5.